The molecule has 108 valence electrons. The highest BCUT2D eigenvalue weighted by Gasteiger charge is 2.39. The molecule has 0 radical (unpaired) electrons. The Hall–Kier alpha value is -2.08. The Kier molecular flexibility index (Phi) is 3.94. The average Bonchev–Trinajstić information content (AvgIpc) is 2.76. The smallest absolute Gasteiger partial charge is 0.326 e. The minimum Gasteiger partial charge on any atom is -0.480 e. The van der Waals surface area contributed by atoms with E-state index in [4.69, 9.17) is 5.11 Å². The molecule has 2 amide bonds. The van der Waals surface area contributed by atoms with Gasteiger partial charge in [-0.1, -0.05) is 18.2 Å². The first kappa shape index (κ1) is 14.3. The number of amides is 2. The van der Waals surface area contributed by atoms with E-state index in [1.165, 1.54) is 4.90 Å². The molecule has 1 aromatic carbocycles. The predicted molar refractivity (Wildman–Crippen MR) is 73.7 cm³/mol. The largest absolute Gasteiger partial charge is 0.480 e. The predicted octanol–water partition coefficient (Wildman–Crippen LogP) is 1.36. The Bertz CT molecular complexity index is 524. The van der Waals surface area contributed by atoms with Gasteiger partial charge in [-0.15, -0.1) is 0 Å². The Morgan fingerprint density at radius 2 is 1.90 bits per heavy atom. The maximum Gasteiger partial charge on any atom is 0.326 e. The molecule has 0 unspecified atom stereocenters. The lowest BCUT2D eigenvalue weighted by Crippen LogP contribution is -2.43. The molecule has 1 aromatic rings. The molecule has 1 aliphatic rings. The van der Waals surface area contributed by atoms with Crippen LogP contribution < -0.4 is 5.32 Å². The first-order valence-electron chi connectivity index (χ1n) is 6.45. The van der Waals surface area contributed by atoms with E-state index in [1.807, 2.05) is 32.0 Å². The van der Waals surface area contributed by atoms with Crippen LogP contribution in [-0.2, 0) is 4.79 Å². The standard InChI is InChI=1S/C14H18N2O4/c1-8-4-3-5-9(2)12(8)15-14(20)16-7-10(17)6-11(16)13(18)19/h3-5,10-11,17H,6-7H2,1-2H3,(H,15,20)(H,18,19)/t10-,11+/m1/s1. The van der Waals surface area contributed by atoms with Crippen LogP contribution in [0.25, 0.3) is 0 Å². The third-order valence-electron chi connectivity index (χ3n) is 3.54. The van der Waals surface area contributed by atoms with Crippen molar-refractivity contribution in [2.75, 3.05) is 11.9 Å². The molecule has 1 fully saturated rings. The highest BCUT2D eigenvalue weighted by molar-refractivity contribution is 5.94. The molecule has 3 N–H and O–H groups in total. The van der Waals surface area contributed by atoms with Crippen LogP contribution in [0.4, 0.5) is 10.5 Å². The number of likely N-dealkylation sites (tertiary alicyclic amines) is 1. The number of hydrogen-bond acceptors (Lipinski definition) is 3. The van der Waals surface area contributed by atoms with Crippen molar-refractivity contribution in [3.8, 4) is 0 Å². The molecule has 6 heteroatoms. The zero-order chi connectivity index (χ0) is 14.9. The van der Waals surface area contributed by atoms with Crippen LogP contribution in [0.1, 0.15) is 17.5 Å². The number of carbonyl (C=O) groups excluding carboxylic acids is 1. The van der Waals surface area contributed by atoms with Gasteiger partial charge in [-0.05, 0) is 25.0 Å². The van der Waals surface area contributed by atoms with E-state index >= 15 is 0 Å². The highest BCUT2D eigenvalue weighted by atomic mass is 16.4. The summed E-state index contributed by atoms with van der Waals surface area (Å²) in [7, 11) is 0. The van der Waals surface area contributed by atoms with Gasteiger partial charge in [-0.2, -0.15) is 0 Å². The number of β-amino-alcohol motifs (C(OH)–C–C–N with tert-alkyl or cyclic N) is 1. The molecular weight excluding hydrogens is 260 g/mol. The number of aliphatic carboxylic acids is 1. The van der Waals surface area contributed by atoms with Crippen LogP contribution in [0, 0.1) is 13.8 Å². The number of aliphatic hydroxyl groups is 1. The molecule has 0 aliphatic carbocycles. The van der Waals surface area contributed by atoms with Crippen LogP contribution in [0.2, 0.25) is 0 Å². The summed E-state index contributed by atoms with van der Waals surface area (Å²) in [5.74, 6) is -1.10. The van der Waals surface area contributed by atoms with Crippen molar-refractivity contribution >= 4 is 17.7 Å². The zero-order valence-corrected chi connectivity index (χ0v) is 11.5. The van der Waals surface area contributed by atoms with Crippen molar-refractivity contribution in [2.45, 2.75) is 32.4 Å². The van der Waals surface area contributed by atoms with Crippen LogP contribution >= 0.6 is 0 Å². The number of urea groups is 1. The molecule has 1 aliphatic heterocycles. The Labute approximate surface area is 117 Å². The summed E-state index contributed by atoms with van der Waals surface area (Å²) >= 11 is 0. The van der Waals surface area contributed by atoms with Crippen LogP contribution in [0.15, 0.2) is 18.2 Å². The Morgan fingerprint density at radius 3 is 2.45 bits per heavy atom. The number of para-hydroxylation sites is 1. The lowest BCUT2D eigenvalue weighted by Gasteiger charge is -2.22. The number of hydrogen-bond donors (Lipinski definition) is 3. The fourth-order valence-electron chi connectivity index (χ4n) is 2.46. The van der Waals surface area contributed by atoms with E-state index in [1.54, 1.807) is 0 Å². The van der Waals surface area contributed by atoms with Gasteiger partial charge in [0.15, 0.2) is 0 Å². The topological polar surface area (TPSA) is 89.9 Å². The number of carbonyl (C=O) groups is 2. The molecule has 6 nitrogen and oxygen atoms in total. The molecule has 0 saturated carbocycles. The zero-order valence-electron chi connectivity index (χ0n) is 11.5. The summed E-state index contributed by atoms with van der Waals surface area (Å²) in [6.45, 7) is 3.78. The number of carboxylic acids is 1. The number of nitrogens with zero attached hydrogens (tertiary/aromatic N) is 1. The van der Waals surface area contributed by atoms with Gasteiger partial charge in [-0.3, -0.25) is 0 Å². The third kappa shape index (κ3) is 2.75. The van der Waals surface area contributed by atoms with Gasteiger partial charge in [0.2, 0.25) is 0 Å². The van der Waals surface area contributed by atoms with E-state index in [0.717, 1.165) is 11.1 Å². The van der Waals surface area contributed by atoms with E-state index in [-0.39, 0.29) is 13.0 Å². The average molecular weight is 278 g/mol. The number of benzene rings is 1. The Morgan fingerprint density at radius 1 is 1.30 bits per heavy atom. The second-order valence-corrected chi connectivity index (χ2v) is 5.09. The van der Waals surface area contributed by atoms with E-state index in [9.17, 15) is 14.7 Å². The number of rotatable bonds is 2. The SMILES string of the molecule is Cc1cccc(C)c1NC(=O)N1C[C@H](O)C[C@H]1C(=O)O. The van der Waals surface area contributed by atoms with Crippen LogP contribution in [-0.4, -0.2) is 45.8 Å². The van der Waals surface area contributed by atoms with Crippen molar-refractivity contribution in [3.63, 3.8) is 0 Å². The fraction of sp³-hybridized carbons (Fsp3) is 0.429. The number of aliphatic hydroxyl groups excluding tert-OH is 1. The fourth-order valence-corrected chi connectivity index (χ4v) is 2.46. The molecule has 2 rings (SSSR count). The highest BCUT2D eigenvalue weighted by Crippen LogP contribution is 2.23. The number of aryl methyl sites for hydroxylation is 2. The molecule has 1 heterocycles. The molecule has 1 saturated heterocycles. The summed E-state index contributed by atoms with van der Waals surface area (Å²) in [4.78, 5) is 24.5. The van der Waals surface area contributed by atoms with E-state index in [0.29, 0.717) is 5.69 Å². The monoisotopic (exact) mass is 278 g/mol. The first-order valence-corrected chi connectivity index (χ1v) is 6.45. The van der Waals surface area contributed by atoms with Crippen molar-refractivity contribution in [3.05, 3.63) is 29.3 Å². The molecule has 0 bridgehead atoms. The van der Waals surface area contributed by atoms with Gasteiger partial charge in [0.1, 0.15) is 6.04 Å². The van der Waals surface area contributed by atoms with Crippen molar-refractivity contribution in [1.29, 1.82) is 0 Å². The van der Waals surface area contributed by atoms with Gasteiger partial charge < -0.3 is 20.4 Å². The van der Waals surface area contributed by atoms with E-state index in [2.05, 4.69) is 5.32 Å². The maximum atomic E-state index is 12.2. The lowest BCUT2D eigenvalue weighted by molar-refractivity contribution is -0.141. The second-order valence-electron chi connectivity index (χ2n) is 5.09. The molecule has 2 atom stereocenters. The number of anilines is 1. The normalized spacial score (nSPS) is 21.9. The van der Waals surface area contributed by atoms with E-state index < -0.39 is 24.1 Å². The van der Waals surface area contributed by atoms with Crippen molar-refractivity contribution < 1.29 is 19.8 Å². The lowest BCUT2D eigenvalue weighted by atomic mass is 10.1. The number of carboxylic acid groups (broad SMARTS) is 1. The third-order valence-corrected chi connectivity index (χ3v) is 3.54. The number of nitrogens with one attached hydrogen (secondary N) is 1. The summed E-state index contributed by atoms with van der Waals surface area (Å²) in [5, 5.41) is 21.4. The van der Waals surface area contributed by atoms with Crippen molar-refractivity contribution in [1.82, 2.24) is 4.90 Å². The summed E-state index contributed by atoms with van der Waals surface area (Å²) < 4.78 is 0. The van der Waals surface area contributed by atoms with Gasteiger partial charge in [0.05, 0.1) is 6.10 Å². The van der Waals surface area contributed by atoms with Crippen molar-refractivity contribution in [2.24, 2.45) is 0 Å². The van der Waals surface area contributed by atoms with Gasteiger partial charge >= 0.3 is 12.0 Å². The quantitative estimate of drug-likeness (QED) is 0.762. The summed E-state index contributed by atoms with van der Waals surface area (Å²) in [5.41, 5.74) is 2.50. The Balaban J connectivity index is 2.18. The summed E-state index contributed by atoms with van der Waals surface area (Å²) in [6.07, 6.45) is -0.727. The minimum absolute atomic E-state index is 0.0354. The molecular formula is C14H18N2O4. The molecule has 0 spiro atoms. The first-order chi connectivity index (χ1) is 9.40. The molecule has 20 heavy (non-hydrogen) atoms. The van der Waals surface area contributed by atoms with Gasteiger partial charge in [0.25, 0.3) is 0 Å². The molecule has 0 aromatic heterocycles. The van der Waals surface area contributed by atoms with Gasteiger partial charge in [-0.25, -0.2) is 9.59 Å². The maximum absolute atomic E-state index is 12.2. The second kappa shape index (κ2) is 5.50. The van der Waals surface area contributed by atoms with Crippen LogP contribution in [0.3, 0.4) is 0 Å². The van der Waals surface area contributed by atoms with Crippen LogP contribution in [0.5, 0.6) is 0 Å². The van der Waals surface area contributed by atoms with Gasteiger partial charge in [0, 0.05) is 18.7 Å². The summed E-state index contributed by atoms with van der Waals surface area (Å²) in [6, 6.07) is 4.16. The minimum atomic E-state index is -1.10.